The van der Waals surface area contributed by atoms with E-state index in [-0.39, 0.29) is 17.6 Å². The molecule has 0 spiro atoms. The first-order valence-corrected chi connectivity index (χ1v) is 13.1. The third kappa shape index (κ3) is 5.16. The molecule has 2 aromatic carbocycles. The van der Waals surface area contributed by atoms with Gasteiger partial charge in [0, 0.05) is 54.8 Å². The van der Waals surface area contributed by atoms with Crippen LogP contribution in [-0.4, -0.2) is 67.9 Å². The van der Waals surface area contributed by atoms with E-state index < -0.39 is 5.82 Å². The Hall–Kier alpha value is -4.97. The molecule has 1 N–H and O–H groups in total. The van der Waals surface area contributed by atoms with E-state index in [4.69, 9.17) is 4.74 Å². The monoisotopic (exact) mass is 553 g/mol. The molecule has 1 saturated heterocycles. The van der Waals surface area contributed by atoms with Crippen molar-refractivity contribution in [3.8, 4) is 11.5 Å². The third-order valence-electron chi connectivity index (χ3n) is 6.94. The number of fused-ring (bicyclic) bond motifs is 2. The van der Waals surface area contributed by atoms with Gasteiger partial charge >= 0.3 is 0 Å². The number of benzene rings is 2. The average Bonchev–Trinajstić information content (AvgIpc) is 3.46. The van der Waals surface area contributed by atoms with Gasteiger partial charge in [0.2, 0.25) is 0 Å². The highest BCUT2D eigenvalue weighted by Crippen LogP contribution is 2.33. The topological polar surface area (TPSA) is 114 Å². The van der Waals surface area contributed by atoms with E-state index in [0.717, 1.165) is 11.1 Å². The minimum absolute atomic E-state index is 0.0614. The van der Waals surface area contributed by atoms with Crippen molar-refractivity contribution in [3.05, 3.63) is 72.5 Å². The number of pyridine rings is 1. The molecule has 1 fully saturated rings. The summed E-state index contributed by atoms with van der Waals surface area (Å²) >= 11 is 0. The maximum Gasteiger partial charge on any atom is 0.255 e. The van der Waals surface area contributed by atoms with Crippen molar-refractivity contribution in [1.29, 1.82) is 0 Å². The second-order valence-electron chi connectivity index (χ2n) is 10.3. The van der Waals surface area contributed by atoms with E-state index in [1.807, 2.05) is 38.1 Å². The number of nitrogens with one attached hydrogen (secondary N) is 1. The number of aromatic nitrogens is 6. The number of nitrogens with zero attached hydrogens (tertiary/aromatic N) is 8. The standard InChI is InChI=1S/C29H28FN9O2/c1-17-15-39(29(40)20(17)9-10-37(2)3)27-13-21-24(14-31-27)32-16-33-28(21)34-18-5-8-26(22(30)11-18)41-19-6-7-25-23(12-19)35-36-38(25)4/h5-9,11-14,16-17H,10,15H2,1-4H3,(H,32,33,34)/b20-9+/t17-/m1/s1. The molecule has 41 heavy (non-hydrogen) atoms. The zero-order valence-electron chi connectivity index (χ0n) is 23.0. The molecule has 0 saturated carbocycles. The number of amides is 1. The number of ether oxygens (including phenoxy) is 1. The summed E-state index contributed by atoms with van der Waals surface area (Å²) in [4.78, 5) is 30.1. The summed E-state index contributed by atoms with van der Waals surface area (Å²) in [5.41, 5.74) is 3.33. The van der Waals surface area contributed by atoms with Crippen LogP contribution in [-0.2, 0) is 11.8 Å². The molecule has 0 aliphatic carbocycles. The van der Waals surface area contributed by atoms with Crippen molar-refractivity contribution in [3.63, 3.8) is 0 Å². The van der Waals surface area contributed by atoms with Crippen molar-refractivity contribution in [2.75, 3.05) is 37.4 Å². The summed E-state index contributed by atoms with van der Waals surface area (Å²) < 4.78 is 22.5. The van der Waals surface area contributed by atoms with Gasteiger partial charge in [-0.2, -0.15) is 0 Å². The first kappa shape index (κ1) is 26.3. The minimum Gasteiger partial charge on any atom is -0.454 e. The van der Waals surface area contributed by atoms with Gasteiger partial charge in [-0.15, -0.1) is 5.10 Å². The number of halogens is 1. The molecule has 208 valence electrons. The van der Waals surface area contributed by atoms with Crippen LogP contribution in [0.25, 0.3) is 21.9 Å². The number of likely N-dealkylation sites (N-methyl/N-ethyl adjacent to an activating group) is 1. The minimum atomic E-state index is -0.552. The van der Waals surface area contributed by atoms with Gasteiger partial charge < -0.3 is 15.0 Å². The number of carbonyl (C=O) groups is 1. The molecule has 1 amide bonds. The molecule has 3 aromatic heterocycles. The van der Waals surface area contributed by atoms with Crippen molar-refractivity contribution >= 4 is 45.2 Å². The van der Waals surface area contributed by atoms with Crippen LogP contribution in [0.5, 0.6) is 11.5 Å². The second-order valence-corrected chi connectivity index (χ2v) is 10.3. The number of carbonyl (C=O) groups excluding carboxylic acids is 1. The van der Waals surface area contributed by atoms with Gasteiger partial charge in [-0.1, -0.05) is 18.2 Å². The first-order chi connectivity index (χ1) is 19.8. The predicted octanol–water partition coefficient (Wildman–Crippen LogP) is 4.45. The quantitative estimate of drug-likeness (QED) is 0.292. The molecular weight excluding hydrogens is 525 g/mol. The molecule has 1 atom stereocenters. The average molecular weight is 554 g/mol. The van der Waals surface area contributed by atoms with Crippen LogP contribution >= 0.6 is 0 Å². The lowest BCUT2D eigenvalue weighted by atomic mass is 10.0. The van der Waals surface area contributed by atoms with Crippen molar-refractivity contribution in [2.45, 2.75) is 6.92 Å². The summed E-state index contributed by atoms with van der Waals surface area (Å²) in [6.45, 7) is 3.25. The van der Waals surface area contributed by atoms with Gasteiger partial charge in [0.25, 0.3) is 5.91 Å². The summed E-state index contributed by atoms with van der Waals surface area (Å²) in [6.07, 6.45) is 5.00. The Labute approximate surface area is 235 Å². The molecule has 12 heteroatoms. The van der Waals surface area contributed by atoms with Crippen LogP contribution in [0, 0.1) is 11.7 Å². The molecule has 4 heterocycles. The summed E-state index contributed by atoms with van der Waals surface area (Å²) in [5, 5.41) is 11.9. The fourth-order valence-corrected chi connectivity index (χ4v) is 4.79. The van der Waals surface area contributed by atoms with Crippen LogP contribution in [0.1, 0.15) is 6.92 Å². The summed E-state index contributed by atoms with van der Waals surface area (Å²) in [5.74, 6) is 0.953. The van der Waals surface area contributed by atoms with E-state index >= 15 is 4.39 Å². The van der Waals surface area contributed by atoms with Crippen molar-refractivity contribution in [2.24, 2.45) is 13.0 Å². The fraction of sp³-hybridized carbons (Fsp3) is 0.241. The Kier molecular flexibility index (Phi) is 6.75. The molecule has 6 rings (SSSR count). The maximum absolute atomic E-state index is 15.1. The van der Waals surface area contributed by atoms with Gasteiger partial charge in [0.05, 0.1) is 17.2 Å². The lowest BCUT2D eigenvalue weighted by Crippen LogP contribution is -2.26. The van der Waals surface area contributed by atoms with Crippen LogP contribution in [0.2, 0.25) is 0 Å². The van der Waals surface area contributed by atoms with Crippen molar-refractivity contribution < 1.29 is 13.9 Å². The van der Waals surface area contributed by atoms with E-state index in [9.17, 15) is 4.79 Å². The lowest BCUT2D eigenvalue weighted by Gasteiger charge is -2.16. The SMILES string of the molecule is C[C@@H]1CN(c2cc3c(Nc4ccc(Oc5ccc6c(c5)nnn6C)c(F)c4)ncnc3cn2)C(=O)/C1=C/CN(C)C. The van der Waals surface area contributed by atoms with Crippen LogP contribution in [0.3, 0.4) is 0 Å². The molecule has 0 unspecified atom stereocenters. The normalized spacial score (nSPS) is 16.4. The fourth-order valence-electron chi connectivity index (χ4n) is 4.79. The van der Waals surface area contributed by atoms with Crippen LogP contribution in [0.15, 0.2) is 66.6 Å². The molecular formula is C29H28FN9O2. The summed E-state index contributed by atoms with van der Waals surface area (Å²) in [6, 6.07) is 11.6. The number of rotatable bonds is 7. The Morgan fingerprint density at radius 1 is 1.12 bits per heavy atom. The number of hydrogen-bond donors (Lipinski definition) is 1. The zero-order valence-corrected chi connectivity index (χ0v) is 23.0. The van der Waals surface area contributed by atoms with Gasteiger partial charge in [-0.25, -0.2) is 24.0 Å². The second kappa shape index (κ2) is 10.5. The van der Waals surface area contributed by atoms with Gasteiger partial charge in [-0.05, 0) is 44.4 Å². The summed E-state index contributed by atoms with van der Waals surface area (Å²) in [7, 11) is 5.73. The van der Waals surface area contributed by atoms with Gasteiger partial charge in [0.1, 0.15) is 29.2 Å². The van der Waals surface area contributed by atoms with Gasteiger partial charge in [-0.3, -0.25) is 9.69 Å². The predicted molar refractivity (Wildman–Crippen MR) is 154 cm³/mol. The molecule has 5 aromatic rings. The first-order valence-electron chi connectivity index (χ1n) is 13.1. The molecule has 0 radical (unpaired) electrons. The highest BCUT2D eigenvalue weighted by molar-refractivity contribution is 6.09. The smallest absolute Gasteiger partial charge is 0.255 e. The number of hydrogen-bond acceptors (Lipinski definition) is 9. The Morgan fingerprint density at radius 3 is 2.78 bits per heavy atom. The Bertz CT molecular complexity index is 1820. The molecule has 11 nitrogen and oxygen atoms in total. The van der Waals surface area contributed by atoms with Crippen LogP contribution in [0.4, 0.5) is 21.7 Å². The Balaban J connectivity index is 1.24. The van der Waals surface area contributed by atoms with Crippen molar-refractivity contribution in [1.82, 2.24) is 34.8 Å². The lowest BCUT2D eigenvalue weighted by molar-refractivity contribution is -0.114. The molecule has 1 aliphatic rings. The number of anilines is 3. The van der Waals surface area contributed by atoms with E-state index in [0.29, 0.717) is 52.6 Å². The Morgan fingerprint density at radius 2 is 1.98 bits per heavy atom. The van der Waals surface area contributed by atoms with Crippen LogP contribution < -0.4 is 15.0 Å². The number of aryl methyl sites for hydroxylation is 1. The highest BCUT2D eigenvalue weighted by Gasteiger charge is 2.34. The maximum atomic E-state index is 15.1. The van der Waals surface area contributed by atoms with Gasteiger partial charge in [0.15, 0.2) is 11.6 Å². The highest BCUT2D eigenvalue weighted by atomic mass is 19.1. The largest absolute Gasteiger partial charge is 0.454 e. The zero-order chi connectivity index (χ0) is 28.7. The third-order valence-corrected chi connectivity index (χ3v) is 6.94. The molecule has 0 bridgehead atoms. The van der Waals surface area contributed by atoms with E-state index in [2.05, 4.69) is 30.6 Å². The van der Waals surface area contributed by atoms with E-state index in [1.54, 1.807) is 53.2 Å². The molecule has 1 aliphatic heterocycles. The van der Waals surface area contributed by atoms with E-state index in [1.165, 1.54) is 12.4 Å².